The summed E-state index contributed by atoms with van der Waals surface area (Å²) in [5.41, 5.74) is -0.980. The van der Waals surface area contributed by atoms with Crippen LogP contribution in [-0.4, -0.2) is 23.7 Å². The smallest absolute Gasteiger partial charge is 0.323 e. The predicted molar refractivity (Wildman–Crippen MR) is 84.5 cm³/mol. The average Bonchev–Trinajstić information content (AvgIpc) is 2.40. The topological polar surface area (TPSA) is 63.6 Å². The third-order valence-electron chi connectivity index (χ3n) is 3.26. The van der Waals surface area contributed by atoms with E-state index >= 15 is 0 Å². The van der Waals surface area contributed by atoms with Crippen LogP contribution in [0.15, 0.2) is 22.7 Å². The molecule has 0 spiro atoms. The van der Waals surface area contributed by atoms with Crippen molar-refractivity contribution in [3.63, 3.8) is 0 Å². The van der Waals surface area contributed by atoms with Crippen molar-refractivity contribution in [2.24, 2.45) is 5.41 Å². The van der Waals surface area contributed by atoms with Gasteiger partial charge in [-0.05, 0) is 31.0 Å². The summed E-state index contributed by atoms with van der Waals surface area (Å²) in [6.07, 6.45) is 0.772. The summed E-state index contributed by atoms with van der Waals surface area (Å²) in [5.74, 6) is -1.89. The van der Waals surface area contributed by atoms with E-state index in [1.165, 1.54) is 0 Å². The Morgan fingerprint density at radius 1 is 1.38 bits per heavy atom. The first-order valence-corrected chi connectivity index (χ1v) is 7.89. The van der Waals surface area contributed by atoms with Crippen LogP contribution in [0, 0.1) is 5.41 Å². The molecule has 0 radical (unpaired) electrons. The minimum absolute atomic E-state index is 0.0150. The van der Waals surface area contributed by atoms with Gasteiger partial charge in [0.1, 0.15) is 0 Å². The zero-order valence-corrected chi connectivity index (χ0v) is 14.3. The van der Waals surface area contributed by atoms with Gasteiger partial charge in [-0.3, -0.25) is 9.59 Å². The summed E-state index contributed by atoms with van der Waals surface area (Å²) in [4.78, 5) is 24.0. The quantitative estimate of drug-likeness (QED) is 0.574. The zero-order valence-electron chi connectivity index (χ0n) is 12.0. The Labute approximate surface area is 137 Å². The van der Waals surface area contributed by atoms with E-state index in [0.29, 0.717) is 17.0 Å². The zero-order chi connectivity index (χ0) is 16.0. The molecule has 0 aromatic heterocycles. The lowest BCUT2D eigenvalue weighted by molar-refractivity contribution is -0.169. The van der Waals surface area contributed by atoms with Crippen molar-refractivity contribution in [1.29, 1.82) is 0 Å². The van der Waals surface area contributed by atoms with Crippen LogP contribution in [0.3, 0.4) is 0 Å². The largest absolute Gasteiger partial charge is 0.480 e. The molecular weight excluding hydrogens is 360 g/mol. The first-order valence-electron chi connectivity index (χ1n) is 6.72. The molecule has 0 aliphatic carbocycles. The first-order chi connectivity index (χ1) is 9.87. The molecule has 0 heterocycles. The summed E-state index contributed by atoms with van der Waals surface area (Å²) in [6, 6.07) is 5.17. The minimum atomic E-state index is -1.60. The number of carboxylic acid groups (broad SMARTS) is 1. The third kappa shape index (κ3) is 4.20. The van der Waals surface area contributed by atoms with Crippen LogP contribution in [0.5, 0.6) is 0 Å². The minimum Gasteiger partial charge on any atom is -0.480 e. The summed E-state index contributed by atoms with van der Waals surface area (Å²) in [7, 11) is 0. The van der Waals surface area contributed by atoms with Gasteiger partial charge in [0.25, 0.3) is 0 Å². The molecule has 1 atom stereocenters. The Morgan fingerprint density at radius 3 is 2.52 bits per heavy atom. The summed E-state index contributed by atoms with van der Waals surface area (Å²) >= 11 is 9.44. The van der Waals surface area contributed by atoms with Crippen molar-refractivity contribution < 1.29 is 19.4 Å². The van der Waals surface area contributed by atoms with Crippen LogP contribution >= 0.6 is 27.5 Å². The highest BCUT2D eigenvalue weighted by molar-refractivity contribution is 9.10. The van der Waals surface area contributed by atoms with E-state index in [-0.39, 0.29) is 19.4 Å². The molecule has 0 bridgehead atoms. The molecule has 0 aliphatic rings. The Balaban J connectivity index is 3.22. The molecule has 1 aromatic rings. The molecule has 1 unspecified atom stereocenters. The number of carbonyl (C=O) groups is 2. The van der Waals surface area contributed by atoms with Crippen molar-refractivity contribution >= 4 is 39.5 Å². The summed E-state index contributed by atoms with van der Waals surface area (Å²) in [5, 5.41) is 10.0. The molecule has 21 heavy (non-hydrogen) atoms. The van der Waals surface area contributed by atoms with E-state index < -0.39 is 17.4 Å². The lowest BCUT2D eigenvalue weighted by Crippen LogP contribution is -2.42. The van der Waals surface area contributed by atoms with E-state index in [4.69, 9.17) is 16.3 Å². The number of carboxylic acids is 1. The molecule has 1 rings (SSSR count). The lowest BCUT2D eigenvalue weighted by atomic mass is 9.77. The van der Waals surface area contributed by atoms with Crippen LogP contribution in [0.4, 0.5) is 0 Å². The van der Waals surface area contributed by atoms with Crippen molar-refractivity contribution in [2.75, 3.05) is 6.61 Å². The van der Waals surface area contributed by atoms with E-state index in [1.807, 2.05) is 6.92 Å². The standard InChI is InChI=1S/C15H18BrClO4/c1-3-7-15(13(18)19,14(20)21-4-2)9-10-5-6-11(16)8-12(10)17/h5-6,8H,3-4,7,9H2,1-2H3,(H,18,19). The van der Waals surface area contributed by atoms with Gasteiger partial charge in [-0.1, -0.05) is 46.9 Å². The van der Waals surface area contributed by atoms with Gasteiger partial charge in [0.05, 0.1) is 6.61 Å². The van der Waals surface area contributed by atoms with Gasteiger partial charge in [-0.15, -0.1) is 0 Å². The van der Waals surface area contributed by atoms with Gasteiger partial charge in [0.15, 0.2) is 5.41 Å². The van der Waals surface area contributed by atoms with Crippen molar-refractivity contribution in [1.82, 2.24) is 0 Å². The predicted octanol–water partition coefficient (Wildman–Crippen LogP) is 4.08. The van der Waals surface area contributed by atoms with Gasteiger partial charge < -0.3 is 9.84 Å². The van der Waals surface area contributed by atoms with Crippen LogP contribution in [-0.2, 0) is 20.7 Å². The maximum absolute atomic E-state index is 12.2. The highest BCUT2D eigenvalue weighted by Crippen LogP contribution is 2.34. The maximum atomic E-state index is 12.2. The Hall–Kier alpha value is -1.07. The van der Waals surface area contributed by atoms with Gasteiger partial charge in [-0.2, -0.15) is 0 Å². The number of rotatable bonds is 7. The van der Waals surface area contributed by atoms with Crippen LogP contribution in [0.1, 0.15) is 32.3 Å². The molecule has 4 nitrogen and oxygen atoms in total. The van der Waals surface area contributed by atoms with Gasteiger partial charge in [0.2, 0.25) is 0 Å². The summed E-state index contributed by atoms with van der Waals surface area (Å²) < 4.78 is 5.78. The molecule has 1 N–H and O–H groups in total. The summed E-state index contributed by atoms with van der Waals surface area (Å²) in [6.45, 7) is 3.63. The Bertz CT molecular complexity index is 532. The fourth-order valence-electron chi connectivity index (χ4n) is 2.22. The van der Waals surface area contributed by atoms with Gasteiger partial charge in [-0.25, -0.2) is 0 Å². The number of hydrogen-bond acceptors (Lipinski definition) is 3. The second-order valence-corrected chi connectivity index (χ2v) is 6.09. The number of ether oxygens (including phenoxy) is 1. The molecule has 0 amide bonds. The number of aliphatic carboxylic acids is 1. The van der Waals surface area contributed by atoms with Crippen molar-refractivity contribution in [2.45, 2.75) is 33.1 Å². The second kappa shape index (κ2) is 7.80. The average molecular weight is 378 g/mol. The van der Waals surface area contributed by atoms with Crippen LogP contribution in [0.25, 0.3) is 0 Å². The Kier molecular flexibility index (Phi) is 6.68. The third-order valence-corrected chi connectivity index (χ3v) is 4.10. The second-order valence-electron chi connectivity index (χ2n) is 4.77. The van der Waals surface area contributed by atoms with Crippen molar-refractivity contribution in [3.05, 3.63) is 33.3 Å². The number of hydrogen-bond donors (Lipinski definition) is 1. The van der Waals surface area contributed by atoms with Gasteiger partial charge in [0, 0.05) is 15.9 Å². The molecule has 0 fully saturated rings. The van der Waals surface area contributed by atoms with Crippen LogP contribution in [0.2, 0.25) is 5.02 Å². The molecule has 0 saturated heterocycles. The molecule has 6 heteroatoms. The highest BCUT2D eigenvalue weighted by atomic mass is 79.9. The van der Waals surface area contributed by atoms with Crippen LogP contribution < -0.4 is 0 Å². The van der Waals surface area contributed by atoms with E-state index in [2.05, 4.69) is 15.9 Å². The van der Waals surface area contributed by atoms with E-state index in [0.717, 1.165) is 4.47 Å². The number of benzene rings is 1. The number of esters is 1. The number of halogens is 2. The Morgan fingerprint density at radius 2 is 2.05 bits per heavy atom. The fourth-order valence-corrected chi connectivity index (χ4v) is 2.96. The van der Waals surface area contributed by atoms with E-state index in [9.17, 15) is 14.7 Å². The molecule has 116 valence electrons. The fraction of sp³-hybridized carbons (Fsp3) is 0.467. The number of carbonyl (C=O) groups excluding carboxylic acids is 1. The maximum Gasteiger partial charge on any atom is 0.323 e. The monoisotopic (exact) mass is 376 g/mol. The molecule has 0 saturated carbocycles. The van der Waals surface area contributed by atoms with E-state index in [1.54, 1.807) is 25.1 Å². The normalized spacial score (nSPS) is 13.5. The molecular formula is C15H18BrClO4. The first kappa shape index (κ1) is 18.0. The molecule has 0 aliphatic heterocycles. The van der Waals surface area contributed by atoms with Gasteiger partial charge >= 0.3 is 11.9 Å². The SMILES string of the molecule is CCCC(Cc1ccc(Br)cc1Cl)(C(=O)O)C(=O)OCC. The molecule has 1 aromatic carbocycles. The lowest BCUT2D eigenvalue weighted by Gasteiger charge is -2.27. The van der Waals surface area contributed by atoms with Crippen molar-refractivity contribution in [3.8, 4) is 0 Å². The highest BCUT2D eigenvalue weighted by Gasteiger charge is 2.47.